The van der Waals surface area contributed by atoms with E-state index in [1.165, 1.54) is 32.4 Å². The molecule has 1 saturated carbocycles. The molecule has 1 aromatic rings. The normalized spacial score (nSPS) is 14.6. The monoisotopic (exact) mass is 266 g/mol. The average molecular weight is 266 g/mol. The SMILES string of the molecule is COC(=O)c1c(F)cncc1CC=NOCC1CC1. The molecule has 6 heteroatoms. The maximum Gasteiger partial charge on any atom is 0.341 e. The lowest BCUT2D eigenvalue weighted by Crippen LogP contribution is -2.10. The van der Waals surface area contributed by atoms with Gasteiger partial charge in [-0.1, -0.05) is 5.16 Å². The lowest BCUT2D eigenvalue weighted by atomic mass is 10.1. The van der Waals surface area contributed by atoms with E-state index in [-0.39, 0.29) is 12.0 Å². The van der Waals surface area contributed by atoms with Crippen LogP contribution in [0.4, 0.5) is 4.39 Å². The number of ether oxygens (including phenoxy) is 1. The van der Waals surface area contributed by atoms with E-state index in [9.17, 15) is 9.18 Å². The van der Waals surface area contributed by atoms with Gasteiger partial charge in [-0.05, 0) is 24.3 Å². The lowest BCUT2D eigenvalue weighted by Gasteiger charge is -2.05. The Hall–Kier alpha value is -1.98. The fraction of sp³-hybridized carbons (Fsp3) is 0.462. The third-order valence-electron chi connectivity index (χ3n) is 2.84. The molecule has 0 amide bonds. The van der Waals surface area contributed by atoms with Gasteiger partial charge >= 0.3 is 5.97 Å². The van der Waals surface area contributed by atoms with Crippen molar-refractivity contribution in [2.45, 2.75) is 19.3 Å². The summed E-state index contributed by atoms with van der Waals surface area (Å²) in [4.78, 5) is 20.3. The summed E-state index contributed by atoms with van der Waals surface area (Å²) >= 11 is 0. The number of oxime groups is 1. The summed E-state index contributed by atoms with van der Waals surface area (Å²) in [5.41, 5.74) is 0.316. The molecule has 0 aliphatic heterocycles. The van der Waals surface area contributed by atoms with Gasteiger partial charge in [0, 0.05) is 18.8 Å². The van der Waals surface area contributed by atoms with Gasteiger partial charge < -0.3 is 9.57 Å². The molecule has 0 atom stereocenters. The van der Waals surface area contributed by atoms with Gasteiger partial charge in [0.05, 0.1) is 13.3 Å². The Labute approximate surface area is 110 Å². The Balaban J connectivity index is 1.97. The van der Waals surface area contributed by atoms with Crippen LogP contribution < -0.4 is 0 Å². The largest absolute Gasteiger partial charge is 0.465 e. The van der Waals surface area contributed by atoms with E-state index >= 15 is 0 Å². The molecule has 2 rings (SSSR count). The maximum atomic E-state index is 13.5. The maximum absolute atomic E-state index is 13.5. The Morgan fingerprint density at radius 3 is 3.05 bits per heavy atom. The van der Waals surface area contributed by atoms with Crippen LogP contribution in [0.2, 0.25) is 0 Å². The molecule has 102 valence electrons. The first-order valence-corrected chi connectivity index (χ1v) is 6.07. The van der Waals surface area contributed by atoms with Crippen molar-refractivity contribution in [3.63, 3.8) is 0 Å². The molecule has 0 bridgehead atoms. The second-order valence-corrected chi connectivity index (χ2v) is 4.38. The van der Waals surface area contributed by atoms with Gasteiger partial charge in [-0.3, -0.25) is 4.98 Å². The molecule has 0 radical (unpaired) electrons. The van der Waals surface area contributed by atoms with E-state index < -0.39 is 11.8 Å². The zero-order chi connectivity index (χ0) is 13.7. The fourth-order valence-electron chi connectivity index (χ4n) is 1.58. The summed E-state index contributed by atoms with van der Waals surface area (Å²) in [7, 11) is 1.21. The predicted molar refractivity (Wildman–Crippen MR) is 66.4 cm³/mol. The molecule has 0 spiro atoms. The number of carbonyl (C=O) groups excluding carboxylic acids is 1. The van der Waals surface area contributed by atoms with Crippen LogP contribution in [-0.4, -0.2) is 30.9 Å². The van der Waals surface area contributed by atoms with Crippen LogP contribution in [0.5, 0.6) is 0 Å². The van der Waals surface area contributed by atoms with Gasteiger partial charge in [0.2, 0.25) is 0 Å². The van der Waals surface area contributed by atoms with Crippen LogP contribution in [0.1, 0.15) is 28.8 Å². The number of aromatic nitrogens is 1. The number of hydrogen-bond acceptors (Lipinski definition) is 5. The van der Waals surface area contributed by atoms with Crippen molar-refractivity contribution >= 4 is 12.2 Å². The van der Waals surface area contributed by atoms with Crippen molar-refractivity contribution in [1.82, 2.24) is 4.98 Å². The molecule has 0 saturated heterocycles. The van der Waals surface area contributed by atoms with Gasteiger partial charge in [0.25, 0.3) is 0 Å². The van der Waals surface area contributed by atoms with Crippen LogP contribution >= 0.6 is 0 Å². The molecule has 1 aliphatic rings. The number of methoxy groups -OCH3 is 1. The highest BCUT2D eigenvalue weighted by Gasteiger charge is 2.21. The third kappa shape index (κ3) is 3.74. The molecule has 0 unspecified atom stereocenters. The molecule has 0 aromatic carbocycles. The number of rotatable bonds is 6. The molecular formula is C13H15FN2O3. The van der Waals surface area contributed by atoms with Crippen molar-refractivity contribution in [3.05, 3.63) is 29.3 Å². The van der Waals surface area contributed by atoms with Crippen molar-refractivity contribution in [2.75, 3.05) is 13.7 Å². The zero-order valence-corrected chi connectivity index (χ0v) is 10.6. The first kappa shape index (κ1) is 13.5. The first-order chi connectivity index (χ1) is 9.22. The zero-order valence-electron chi connectivity index (χ0n) is 10.6. The summed E-state index contributed by atoms with van der Waals surface area (Å²) in [5, 5.41) is 3.78. The van der Waals surface area contributed by atoms with Crippen LogP contribution in [-0.2, 0) is 16.0 Å². The van der Waals surface area contributed by atoms with E-state index in [1.54, 1.807) is 0 Å². The average Bonchev–Trinajstić information content (AvgIpc) is 3.22. The number of esters is 1. The highest BCUT2D eigenvalue weighted by atomic mass is 19.1. The van der Waals surface area contributed by atoms with Gasteiger partial charge in [-0.25, -0.2) is 9.18 Å². The summed E-state index contributed by atoms with van der Waals surface area (Å²) in [5.74, 6) is -0.794. The minimum absolute atomic E-state index is 0.105. The van der Waals surface area contributed by atoms with Gasteiger partial charge in [0.15, 0.2) is 5.82 Å². The third-order valence-corrected chi connectivity index (χ3v) is 2.84. The van der Waals surface area contributed by atoms with E-state index in [0.717, 1.165) is 6.20 Å². The summed E-state index contributed by atoms with van der Waals surface area (Å²) in [6, 6.07) is 0. The fourth-order valence-corrected chi connectivity index (χ4v) is 1.58. The van der Waals surface area contributed by atoms with Crippen LogP contribution in [0.25, 0.3) is 0 Å². The van der Waals surface area contributed by atoms with Crippen molar-refractivity contribution < 1.29 is 18.8 Å². The number of carbonyl (C=O) groups is 1. The van der Waals surface area contributed by atoms with Crippen molar-refractivity contribution in [3.8, 4) is 0 Å². The minimum Gasteiger partial charge on any atom is -0.465 e. The van der Waals surface area contributed by atoms with E-state index in [0.29, 0.717) is 18.1 Å². The molecule has 5 nitrogen and oxygen atoms in total. The van der Waals surface area contributed by atoms with E-state index in [2.05, 4.69) is 14.9 Å². The van der Waals surface area contributed by atoms with E-state index in [1.807, 2.05) is 0 Å². The summed E-state index contributed by atoms with van der Waals surface area (Å²) in [6.45, 7) is 0.613. The van der Waals surface area contributed by atoms with Gasteiger partial charge in [0.1, 0.15) is 12.2 Å². The minimum atomic E-state index is -0.720. The van der Waals surface area contributed by atoms with Crippen LogP contribution in [0, 0.1) is 11.7 Å². The Kier molecular flexibility index (Phi) is 4.43. The molecule has 1 heterocycles. The smallest absolute Gasteiger partial charge is 0.341 e. The van der Waals surface area contributed by atoms with Crippen LogP contribution in [0.15, 0.2) is 17.5 Å². The Bertz CT molecular complexity index is 487. The molecule has 1 aliphatic carbocycles. The van der Waals surface area contributed by atoms with Gasteiger partial charge in [-0.2, -0.15) is 0 Å². The number of nitrogens with zero attached hydrogens (tertiary/aromatic N) is 2. The second kappa shape index (κ2) is 6.26. The number of hydrogen-bond donors (Lipinski definition) is 0. The number of pyridine rings is 1. The van der Waals surface area contributed by atoms with E-state index in [4.69, 9.17) is 4.84 Å². The van der Waals surface area contributed by atoms with Gasteiger partial charge in [-0.15, -0.1) is 0 Å². The molecule has 19 heavy (non-hydrogen) atoms. The van der Waals surface area contributed by atoms with Crippen LogP contribution in [0.3, 0.4) is 0 Å². The Morgan fingerprint density at radius 1 is 1.58 bits per heavy atom. The molecule has 0 N–H and O–H groups in total. The molecule has 1 aromatic heterocycles. The molecular weight excluding hydrogens is 251 g/mol. The first-order valence-electron chi connectivity index (χ1n) is 6.07. The highest BCUT2D eigenvalue weighted by Crippen LogP contribution is 2.28. The topological polar surface area (TPSA) is 60.8 Å². The summed E-state index contributed by atoms with van der Waals surface area (Å²) in [6.07, 6.45) is 6.54. The second-order valence-electron chi connectivity index (χ2n) is 4.38. The number of halogens is 1. The highest BCUT2D eigenvalue weighted by molar-refractivity contribution is 5.92. The summed E-state index contributed by atoms with van der Waals surface area (Å²) < 4.78 is 18.1. The Morgan fingerprint density at radius 2 is 2.37 bits per heavy atom. The molecule has 1 fully saturated rings. The predicted octanol–water partition coefficient (Wildman–Crippen LogP) is 1.96. The lowest BCUT2D eigenvalue weighted by molar-refractivity contribution is 0.0594. The van der Waals surface area contributed by atoms with Crippen molar-refractivity contribution in [2.24, 2.45) is 11.1 Å². The standard InChI is InChI=1S/C13H15FN2O3/c1-18-13(17)12-10(6-15-7-11(12)14)4-5-16-19-8-9-2-3-9/h5-7,9H,2-4,8H2,1H3. The van der Waals surface area contributed by atoms with Crippen molar-refractivity contribution in [1.29, 1.82) is 0 Å². The quantitative estimate of drug-likeness (QED) is 0.448.